The summed E-state index contributed by atoms with van der Waals surface area (Å²) in [5.41, 5.74) is 2.87. The second kappa shape index (κ2) is 7.53. The molecule has 0 radical (unpaired) electrons. The van der Waals surface area contributed by atoms with Crippen molar-refractivity contribution >= 4 is 17.5 Å². The first-order chi connectivity index (χ1) is 12.2. The number of nitrogens with one attached hydrogen (secondary N) is 1. The van der Waals surface area contributed by atoms with E-state index in [2.05, 4.69) is 27.2 Å². The maximum Gasteiger partial charge on any atom is 0.335 e. The van der Waals surface area contributed by atoms with Gasteiger partial charge in [-0.1, -0.05) is 13.3 Å². The second-order valence-electron chi connectivity index (χ2n) is 5.56. The lowest BCUT2D eigenvalue weighted by Gasteiger charge is -2.10. The van der Waals surface area contributed by atoms with E-state index in [1.165, 1.54) is 0 Å². The van der Waals surface area contributed by atoms with Crippen molar-refractivity contribution in [2.75, 3.05) is 5.32 Å². The topological polar surface area (TPSA) is 88.0 Å². The summed E-state index contributed by atoms with van der Waals surface area (Å²) in [7, 11) is 0. The average Bonchev–Trinajstić information content (AvgIpc) is 2.63. The predicted molar refractivity (Wildman–Crippen MR) is 95.9 cm³/mol. The number of carboxylic acids is 1. The monoisotopic (exact) mass is 334 g/mol. The van der Waals surface area contributed by atoms with Gasteiger partial charge in [-0.15, -0.1) is 0 Å². The molecule has 0 aliphatic rings. The maximum absolute atomic E-state index is 10.9. The van der Waals surface area contributed by atoms with Crippen molar-refractivity contribution in [3.63, 3.8) is 0 Å². The fourth-order valence-electron chi connectivity index (χ4n) is 2.42. The molecule has 0 fully saturated rings. The van der Waals surface area contributed by atoms with Crippen molar-refractivity contribution in [2.24, 2.45) is 0 Å². The highest BCUT2D eigenvalue weighted by atomic mass is 16.4. The van der Waals surface area contributed by atoms with E-state index in [9.17, 15) is 4.79 Å². The standard InChI is InChI=1S/C19H18N4O2/c1-2-3-16-12-17(21-15-6-4-14(5-7-15)19(24)25)23-18(22-16)13-8-10-20-11-9-13/h4-12H,2-3H2,1H3,(H,24,25)(H,21,22,23). The van der Waals surface area contributed by atoms with Crippen molar-refractivity contribution in [3.05, 3.63) is 66.1 Å². The van der Waals surface area contributed by atoms with E-state index in [0.717, 1.165) is 29.8 Å². The normalized spacial score (nSPS) is 10.4. The van der Waals surface area contributed by atoms with Crippen LogP contribution in [0.5, 0.6) is 0 Å². The van der Waals surface area contributed by atoms with Crippen molar-refractivity contribution in [1.82, 2.24) is 15.0 Å². The third-order valence-corrected chi connectivity index (χ3v) is 3.63. The Morgan fingerprint density at radius 2 is 1.80 bits per heavy atom. The van der Waals surface area contributed by atoms with E-state index in [-0.39, 0.29) is 5.56 Å². The Hall–Kier alpha value is -3.28. The number of pyridine rings is 1. The highest BCUT2D eigenvalue weighted by Gasteiger charge is 2.08. The fraction of sp³-hybridized carbons (Fsp3) is 0.158. The summed E-state index contributed by atoms with van der Waals surface area (Å²) in [6.07, 6.45) is 5.26. The largest absolute Gasteiger partial charge is 0.478 e. The van der Waals surface area contributed by atoms with Gasteiger partial charge in [-0.05, 0) is 42.8 Å². The molecule has 0 bridgehead atoms. The molecule has 6 heteroatoms. The third-order valence-electron chi connectivity index (χ3n) is 3.63. The molecule has 3 rings (SSSR count). The van der Waals surface area contributed by atoms with Gasteiger partial charge in [0.05, 0.1) is 5.56 Å². The van der Waals surface area contributed by atoms with Crippen LogP contribution in [-0.4, -0.2) is 26.0 Å². The van der Waals surface area contributed by atoms with Crippen molar-refractivity contribution in [1.29, 1.82) is 0 Å². The van der Waals surface area contributed by atoms with Crippen LogP contribution in [0.15, 0.2) is 54.9 Å². The Morgan fingerprint density at radius 3 is 2.44 bits per heavy atom. The molecule has 0 aliphatic heterocycles. The quantitative estimate of drug-likeness (QED) is 0.710. The summed E-state index contributed by atoms with van der Waals surface area (Å²) >= 11 is 0. The van der Waals surface area contributed by atoms with Crippen LogP contribution in [0.1, 0.15) is 29.4 Å². The minimum atomic E-state index is -0.946. The van der Waals surface area contributed by atoms with Crippen LogP contribution in [0.25, 0.3) is 11.4 Å². The van der Waals surface area contributed by atoms with E-state index < -0.39 is 5.97 Å². The van der Waals surface area contributed by atoms with Gasteiger partial charge in [-0.25, -0.2) is 14.8 Å². The fourth-order valence-corrected chi connectivity index (χ4v) is 2.42. The summed E-state index contributed by atoms with van der Waals surface area (Å²) in [4.78, 5) is 24.2. The maximum atomic E-state index is 10.9. The smallest absolute Gasteiger partial charge is 0.335 e. The number of carbonyl (C=O) groups is 1. The highest BCUT2D eigenvalue weighted by molar-refractivity contribution is 5.88. The van der Waals surface area contributed by atoms with Crippen LogP contribution in [0, 0.1) is 0 Å². The minimum Gasteiger partial charge on any atom is -0.478 e. The van der Waals surface area contributed by atoms with Crippen molar-refractivity contribution in [3.8, 4) is 11.4 Å². The van der Waals surface area contributed by atoms with E-state index in [0.29, 0.717) is 11.6 Å². The van der Waals surface area contributed by atoms with Gasteiger partial charge in [0.25, 0.3) is 0 Å². The van der Waals surface area contributed by atoms with Crippen LogP contribution in [0.3, 0.4) is 0 Å². The molecule has 3 aromatic rings. The molecular formula is C19H18N4O2. The van der Waals surface area contributed by atoms with Gasteiger partial charge >= 0.3 is 5.97 Å². The number of aryl methyl sites for hydroxylation is 1. The van der Waals surface area contributed by atoms with Gasteiger partial charge in [0.15, 0.2) is 5.82 Å². The number of hydrogen-bond acceptors (Lipinski definition) is 5. The molecule has 0 amide bonds. The zero-order valence-electron chi connectivity index (χ0n) is 13.8. The van der Waals surface area contributed by atoms with E-state index >= 15 is 0 Å². The number of hydrogen-bond donors (Lipinski definition) is 2. The number of benzene rings is 1. The van der Waals surface area contributed by atoms with Crippen LogP contribution >= 0.6 is 0 Å². The average molecular weight is 334 g/mol. The minimum absolute atomic E-state index is 0.248. The molecule has 0 unspecified atom stereocenters. The van der Waals surface area contributed by atoms with Crippen LogP contribution < -0.4 is 5.32 Å². The van der Waals surface area contributed by atoms with Gasteiger partial charge in [-0.3, -0.25) is 4.98 Å². The highest BCUT2D eigenvalue weighted by Crippen LogP contribution is 2.21. The molecule has 25 heavy (non-hydrogen) atoms. The Bertz CT molecular complexity index is 864. The number of aromatic carboxylic acids is 1. The SMILES string of the molecule is CCCc1cc(Nc2ccc(C(=O)O)cc2)nc(-c2ccncc2)n1. The summed E-state index contributed by atoms with van der Waals surface area (Å²) in [6, 6.07) is 12.2. The number of aromatic nitrogens is 3. The predicted octanol–water partition coefficient (Wildman–Crippen LogP) is 3.93. The van der Waals surface area contributed by atoms with E-state index in [1.54, 1.807) is 36.7 Å². The van der Waals surface area contributed by atoms with Gasteiger partial charge in [0.1, 0.15) is 5.82 Å². The summed E-state index contributed by atoms with van der Waals surface area (Å²) < 4.78 is 0. The van der Waals surface area contributed by atoms with Crippen LogP contribution in [0.4, 0.5) is 11.5 Å². The first kappa shape index (κ1) is 16.6. The molecule has 126 valence electrons. The lowest BCUT2D eigenvalue weighted by atomic mass is 10.2. The lowest BCUT2D eigenvalue weighted by molar-refractivity contribution is 0.0697. The van der Waals surface area contributed by atoms with Crippen LogP contribution in [-0.2, 0) is 6.42 Å². The number of carboxylic acid groups (broad SMARTS) is 1. The van der Waals surface area contributed by atoms with E-state index in [4.69, 9.17) is 5.11 Å². The molecule has 0 aliphatic carbocycles. The van der Waals surface area contributed by atoms with Gasteiger partial charge in [-0.2, -0.15) is 0 Å². The third kappa shape index (κ3) is 4.17. The molecule has 0 spiro atoms. The first-order valence-corrected chi connectivity index (χ1v) is 8.04. The molecular weight excluding hydrogens is 316 g/mol. The summed E-state index contributed by atoms with van der Waals surface area (Å²) in [6.45, 7) is 2.10. The molecule has 2 heterocycles. The molecule has 2 aromatic heterocycles. The molecule has 2 N–H and O–H groups in total. The molecule has 1 aromatic carbocycles. The van der Waals surface area contributed by atoms with Crippen molar-refractivity contribution in [2.45, 2.75) is 19.8 Å². The Labute approximate surface area is 145 Å². The van der Waals surface area contributed by atoms with Gasteiger partial charge < -0.3 is 10.4 Å². The lowest BCUT2D eigenvalue weighted by Crippen LogP contribution is -2.02. The number of anilines is 2. The number of rotatable bonds is 6. The molecule has 0 atom stereocenters. The molecule has 6 nitrogen and oxygen atoms in total. The van der Waals surface area contributed by atoms with Crippen molar-refractivity contribution < 1.29 is 9.90 Å². The molecule has 0 saturated heterocycles. The Balaban J connectivity index is 1.92. The number of nitrogens with zero attached hydrogens (tertiary/aromatic N) is 3. The summed E-state index contributed by atoms with van der Waals surface area (Å²) in [5.74, 6) is 0.366. The zero-order valence-corrected chi connectivity index (χ0v) is 13.8. The van der Waals surface area contributed by atoms with E-state index in [1.807, 2.05) is 18.2 Å². The van der Waals surface area contributed by atoms with Gasteiger partial charge in [0.2, 0.25) is 0 Å². The van der Waals surface area contributed by atoms with Gasteiger partial charge in [0, 0.05) is 35.4 Å². The Morgan fingerprint density at radius 1 is 1.08 bits per heavy atom. The first-order valence-electron chi connectivity index (χ1n) is 8.04. The summed E-state index contributed by atoms with van der Waals surface area (Å²) in [5, 5.41) is 12.2. The van der Waals surface area contributed by atoms with Crippen LogP contribution in [0.2, 0.25) is 0 Å². The second-order valence-corrected chi connectivity index (χ2v) is 5.56. The Kier molecular flexibility index (Phi) is 4.99. The zero-order chi connectivity index (χ0) is 17.6. The molecule has 0 saturated carbocycles.